The third-order valence-corrected chi connectivity index (χ3v) is 4.67. The summed E-state index contributed by atoms with van der Waals surface area (Å²) in [6.45, 7) is 8.15. The van der Waals surface area contributed by atoms with Crippen molar-refractivity contribution in [2.45, 2.75) is 33.1 Å². The molecule has 3 aromatic rings. The summed E-state index contributed by atoms with van der Waals surface area (Å²) in [4.78, 5) is 25.4. The summed E-state index contributed by atoms with van der Waals surface area (Å²) in [6, 6.07) is 14.9. The first-order valence-corrected chi connectivity index (χ1v) is 8.52. The molecule has 0 saturated heterocycles. The van der Waals surface area contributed by atoms with Crippen LogP contribution in [-0.4, -0.2) is 16.4 Å². The van der Waals surface area contributed by atoms with E-state index in [1.807, 2.05) is 48.5 Å². The van der Waals surface area contributed by atoms with Crippen LogP contribution in [0.25, 0.3) is 10.9 Å². The zero-order valence-corrected chi connectivity index (χ0v) is 15.5. The molecule has 0 radical (unpaired) electrons. The number of nitrogens with two attached hydrogens (primary N) is 1. The molecule has 134 valence electrons. The zero-order valence-electron chi connectivity index (χ0n) is 15.5. The van der Waals surface area contributed by atoms with Crippen molar-refractivity contribution in [3.05, 3.63) is 70.9 Å². The fourth-order valence-electron chi connectivity index (χ4n) is 3.23. The first kappa shape index (κ1) is 17.9. The van der Waals surface area contributed by atoms with Crippen molar-refractivity contribution < 1.29 is 9.59 Å². The Bertz CT molecular complexity index is 993. The minimum atomic E-state index is -0.409. The fraction of sp³-hybridized carbons (Fsp3) is 0.238. The van der Waals surface area contributed by atoms with Gasteiger partial charge in [-0.1, -0.05) is 51.1 Å². The highest BCUT2D eigenvalue weighted by Crippen LogP contribution is 2.27. The Morgan fingerprint density at radius 2 is 1.62 bits per heavy atom. The lowest BCUT2D eigenvalue weighted by Gasteiger charge is -2.19. The van der Waals surface area contributed by atoms with E-state index in [2.05, 4.69) is 26.2 Å². The normalized spacial score (nSPS) is 11.6. The van der Waals surface area contributed by atoms with Gasteiger partial charge in [0.2, 0.25) is 0 Å². The van der Waals surface area contributed by atoms with Gasteiger partial charge in [0.05, 0.1) is 11.1 Å². The summed E-state index contributed by atoms with van der Waals surface area (Å²) in [6.07, 6.45) is 0. The number of para-hydroxylation sites is 1. The van der Waals surface area contributed by atoms with Crippen LogP contribution in [0.15, 0.2) is 48.5 Å². The number of benzene rings is 2. The second-order valence-electron chi connectivity index (χ2n) is 7.42. The zero-order chi connectivity index (χ0) is 19.1. The van der Waals surface area contributed by atoms with Crippen LogP contribution in [0.3, 0.4) is 0 Å². The molecule has 3 rings (SSSR count). The van der Waals surface area contributed by atoms with Gasteiger partial charge in [-0.05, 0) is 36.1 Å². The summed E-state index contributed by atoms with van der Waals surface area (Å²) in [7, 11) is 0. The van der Waals surface area contributed by atoms with E-state index >= 15 is 0 Å². The van der Waals surface area contributed by atoms with Crippen molar-refractivity contribution in [2.24, 2.45) is 5.84 Å². The van der Waals surface area contributed by atoms with Gasteiger partial charge in [0, 0.05) is 16.6 Å². The van der Waals surface area contributed by atoms with Gasteiger partial charge in [-0.25, -0.2) is 5.84 Å². The van der Waals surface area contributed by atoms with Gasteiger partial charge in [-0.15, -0.1) is 0 Å². The lowest BCUT2D eigenvalue weighted by atomic mass is 9.86. The van der Waals surface area contributed by atoms with Gasteiger partial charge in [-0.3, -0.25) is 19.6 Å². The highest BCUT2D eigenvalue weighted by atomic mass is 16.2. The first-order valence-electron chi connectivity index (χ1n) is 8.52. The molecule has 0 atom stereocenters. The van der Waals surface area contributed by atoms with E-state index in [-0.39, 0.29) is 11.3 Å². The third-order valence-electron chi connectivity index (χ3n) is 4.67. The van der Waals surface area contributed by atoms with Crippen LogP contribution in [0.2, 0.25) is 0 Å². The maximum absolute atomic E-state index is 13.2. The quantitative estimate of drug-likeness (QED) is 0.422. The van der Waals surface area contributed by atoms with Crippen LogP contribution >= 0.6 is 0 Å². The average molecular weight is 349 g/mol. The van der Waals surface area contributed by atoms with E-state index in [1.54, 1.807) is 11.5 Å². The summed E-state index contributed by atoms with van der Waals surface area (Å²) in [5.41, 5.74) is 5.59. The Labute approximate surface area is 152 Å². The molecule has 0 unspecified atom stereocenters. The maximum atomic E-state index is 13.2. The highest BCUT2D eigenvalue weighted by molar-refractivity contribution is 6.12. The molecule has 0 bridgehead atoms. The molecule has 0 spiro atoms. The molecule has 0 aliphatic rings. The van der Waals surface area contributed by atoms with Crippen LogP contribution in [-0.2, 0) is 5.41 Å². The number of carbonyl (C=O) groups is 2. The number of carbonyl (C=O) groups excluding carboxylic acids is 2. The molecule has 2 aromatic carbocycles. The molecule has 5 heteroatoms. The van der Waals surface area contributed by atoms with Crippen LogP contribution in [0.1, 0.15) is 52.7 Å². The number of hydrazine groups is 1. The third kappa shape index (κ3) is 2.91. The van der Waals surface area contributed by atoms with Crippen LogP contribution < -0.4 is 11.3 Å². The second kappa shape index (κ2) is 6.42. The average Bonchev–Trinajstić information content (AvgIpc) is 2.91. The molecular formula is C21H23N3O2. The van der Waals surface area contributed by atoms with E-state index < -0.39 is 5.91 Å². The second-order valence-corrected chi connectivity index (χ2v) is 7.42. The SMILES string of the molecule is Cc1c(C(=O)NN)c2ccccc2n1C(=O)c1ccc(C(C)(C)C)cc1. The molecule has 0 saturated carbocycles. The van der Waals surface area contributed by atoms with E-state index in [9.17, 15) is 9.59 Å². The van der Waals surface area contributed by atoms with Gasteiger partial charge in [0.1, 0.15) is 0 Å². The molecule has 1 aromatic heterocycles. The van der Waals surface area contributed by atoms with Crippen molar-refractivity contribution in [1.29, 1.82) is 0 Å². The lowest BCUT2D eigenvalue weighted by molar-refractivity contribution is 0.0954. The topological polar surface area (TPSA) is 77.1 Å². The molecule has 3 N–H and O–H groups in total. The molecular weight excluding hydrogens is 326 g/mol. The van der Waals surface area contributed by atoms with Crippen molar-refractivity contribution in [1.82, 2.24) is 9.99 Å². The van der Waals surface area contributed by atoms with Gasteiger partial charge in [-0.2, -0.15) is 0 Å². The van der Waals surface area contributed by atoms with Crippen LogP contribution in [0.5, 0.6) is 0 Å². The predicted octanol–water partition coefficient (Wildman–Crippen LogP) is 3.54. The fourth-order valence-corrected chi connectivity index (χ4v) is 3.23. The summed E-state index contributed by atoms with van der Waals surface area (Å²) < 4.78 is 1.58. The minimum Gasteiger partial charge on any atom is -0.290 e. The van der Waals surface area contributed by atoms with Crippen LogP contribution in [0.4, 0.5) is 0 Å². The van der Waals surface area contributed by atoms with E-state index in [1.165, 1.54) is 0 Å². The Morgan fingerprint density at radius 1 is 1.00 bits per heavy atom. The number of nitrogen functional groups attached to an aromatic ring is 1. The minimum absolute atomic E-state index is 0.0179. The maximum Gasteiger partial charge on any atom is 0.267 e. The van der Waals surface area contributed by atoms with Crippen molar-refractivity contribution in [3.63, 3.8) is 0 Å². The standard InChI is InChI=1S/C21H23N3O2/c1-13-18(19(25)23-22)16-7-5-6-8-17(16)24(13)20(26)14-9-11-15(12-10-14)21(2,3)4/h5-12H,22H2,1-4H3,(H,23,25). The molecule has 0 aliphatic heterocycles. The van der Waals surface area contributed by atoms with Gasteiger partial charge < -0.3 is 0 Å². The monoisotopic (exact) mass is 349 g/mol. The van der Waals surface area contributed by atoms with Crippen molar-refractivity contribution in [2.75, 3.05) is 0 Å². The number of amides is 1. The number of fused-ring (bicyclic) bond motifs is 1. The molecule has 1 amide bonds. The predicted molar refractivity (Wildman–Crippen MR) is 103 cm³/mol. The van der Waals surface area contributed by atoms with Crippen molar-refractivity contribution >= 4 is 22.7 Å². The van der Waals surface area contributed by atoms with Gasteiger partial charge >= 0.3 is 0 Å². The lowest BCUT2D eigenvalue weighted by Crippen LogP contribution is -2.30. The van der Waals surface area contributed by atoms with Crippen molar-refractivity contribution in [3.8, 4) is 0 Å². The smallest absolute Gasteiger partial charge is 0.267 e. The Morgan fingerprint density at radius 3 is 2.19 bits per heavy atom. The molecule has 0 fully saturated rings. The molecule has 5 nitrogen and oxygen atoms in total. The van der Waals surface area contributed by atoms with Gasteiger partial charge in [0.15, 0.2) is 0 Å². The highest BCUT2D eigenvalue weighted by Gasteiger charge is 2.23. The molecule has 26 heavy (non-hydrogen) atoms. The van der Waals surface area contributed by atoms with Crippen LogP contribution in [0, 0.1) is 6.92 Å². The summed E-state index contributed by atoms with van der Waals surface area (Å²) >= 11 is 0. The van der Waals surface area contributed by atoms with E-state index in [0.717, 1.165) is 5.56 Å². The van der Waals surface area contributed by atoms with E-state index in [0.29, 0.717) is 27.7 Å². The Kier molecular flexibility index (Phi) is 4.42. The summed E-state index contributed by atoms with van der Waals surface area (Å²) in [5, 5.41) is 0.701. The molecule has 0 aliphatic carbocycles. The van der Waals surface area contributed by atoms with E-state index in [4.69, 9.17) is 5.84 Å². The molecule has 1 heterocycles. The summed E-state index contributed by atoms with van der Waals surface area (Å²) in [5.74, 6) is 4.74. The number of hydrogen-bond acceptors (Lipinski definition) is 3. The number of nitrogens with zero attached hydrogens (tertiary/aromatic N) is 1. The number of aromatic nitrogens is 1. The Hall–Kier alpha value is -2.92. The number of nitrogens with one attached hydrogen (secondary N) is 1. The first-order chi connectivity index (χ1) is 12.3. The number of rotatable bonds is 2. The number of hydrogen-bond donors (Lipinski definition) is 2. The van der Waals surface area contributed by atoms with Gasteiger partial charge in [0.25, 0.3) is 11.8 Å². The Balaban J connectivity index is 2.15. The largest absolute Gasteiger partial charge is 0.290 e.